The fraction of sp³-hybridized carbons (Fsp3) is 0.538. The molecule has 0 spiro atoms. The third-order valence-corrected chi connectivity index (χ3v) is 4.85. The van der Waals surface area contributed by atoms with E-state index in [1.807, 2.05) is 13.8 Å². The number of aliphatic hydroxyl groups excluding tert-OH is 1. The van der Waals surface area contributed by atoms with Crippen LogP contribution in [-0.4, -0.2) is 26.2 Å². The summed E-state index contributed by atoms with van der Waals surface area (Å²) in [7, 11) is -3.66. The second-order valence-corrected chi connectivity index (χ2v) is 6.79. The number of aliphatic hydroxyl groups is 1. The van der Waals surface area contributed by atoms with Crippen molar-refractivity contribution in [2.24, 2.45) is 5.92 Å². The second-order valence-electron chi connectivity index (χ2n) is 5.14. The number of rotatable bonds is 5. The number of aryl methyl sites for hydroxylation is 2. The van der Waals surface area contributed by atoms with Gasteiger partial charge in [0.05, 0.1) is 11.5 Å². The van der Waals surface area contributed by atoms with E-state index in [0.717, 1.165) is 0 Å². The van der Waals surface area contributed by atoms with Crippen LogP contribution in [0.1, 0.15) is 25.0 Å². The third kappa shape index (κ3) is 3.68. The van der Waals surface area contributed by atoms with Crippen LogP contribution < -0.4 is 10.5 Å². The van der Waals surface area contributed by atoms with Crippen LogP contribution in [0.4, 0.5) is 5.69 Å². The molecular formula is C13H22N2O3S. The molecule has 4 N–H and O–H groups in total. The molecule has 0 saturated carbocycles. The molecule has 0 radical (unpaired) electrons. The van der Waals surface area contributed by atoms with Crippen LogP contribution in [-0.2, 0) is 10.0 Å². The number of nitrogens with one attached hydrogen (secondary N) is 1. The predicted molar refractivity (Wildman–Crippen MR) is 76.4 cm³/mol. The van der Waals surface area contributed by atoms with Gasteiger partial charge < -0.3 is 10.8 Å². The van der Waals surface area contributed by atoms with E-state index in [9.17, 15) is 13.5 Å². The van der Waals surface area contributed by atoms with Gasteiger partial charge in [-0.2, -0.15) is 0 Å². The first-order chi connectivity index (χ1) is 8.69. The van der Waals surface area contributed by atoms with Gasteiger partial charge in [0, 0.05) is 11.7 Å². The summed E-state index contributed by atoms with van der Waals surface area (Å²) in [5.74, 6) is 0.00849. The molecule has 1 aromatic carbocycles. The van der Waals surface area contributed by atoms with Crippen LogP contribution in [0.25, 0.3) is 0 Å². The van der Waals surface area contributed by atoms with Gasteiger partial charge in [0.2, 0.25) is 10.0 Å². The van der Waals surface area contributed by atoms with Crippen molar-refractivity contribution in [3.05, 3.63) is 23.3 Å². The lowest BCUT2D eigenvalue weighted by Crippen LogP contribution is -2.41. The fourth-order valence-corrected chi connectivity index (χ4v) is 3.88. The Morgan fingerprint density at radius 2 is 1.74 bits per heavy atom. The first-order valence-corrected chi connectivity index (χ1v) is 7.67. The highest BCUT2D eigenvalue weighted by atomic mass is 32.2. The van der Waals surface area contributed by atoms with E-state index in [4.69, 9.17) is 5.73 Å². The Kier molecular flexibility index (Phi) is 4.95. The summed E-state index contributed by atoms with van der Waals surface area (Å²) in [4.78, 5) is 0.237. The maximum Gasteiger partial charge on any atom is 0.241 e. The average Bonchev–Trinajstić information content (AvgIpc) is 2.23. The van der Waals surface area contributed by atoms with Crippen molar-refractivity contribution in [1.29, 1.82) is 0 Å². The standard InChI is InChI=1S/C13H22N2O3S/c1-8(2)12(7-16)15-19(17,18)13-9(3)5-11(14)6-10(13)4/h5-6,8,12,15-16H,7,14H2,1-4H3/t12-/m1/s1. The average molecular weight is 286 g/mol. The Morgan fingerprint density at radius 3 is 2.11 bits per heavy atom. The van der Waals surface area contributed by atoms with E-state index in [2.05, 4.69) is 4.72 Å². The molecule has 0 aliphatic carbocycles. The number of sulfonamides is 1. The van der Waals surface area contributed by atoms with Gasteiger partial charge in [0.15, 0.2) is 0 Å². The van der Waals surface area contributed by atoms with Gasteiger partial charge in [0.25, 0.3) is 0 Å². The van der Waals surface area contributed by atoms with Gasteiger partial charge in [-0.05, 0) is 43.0 Å². The molecule has 6 heteroatoms. The van der Waals surface area contributed by atoms with E-state index in [1.165, 1.54) is 0 Å². The normalized spacial score (nSPS) is 13.8. The number of anilines is 1. The van der Waals surface area contributed by atoms with Crippen LogP contribution in [0.2, 0.25) is 0 Å². The molecule has 0 bridgehead atoms. The molecule has 0 aliphatic heterocycles. The van der Waals surface area contributed by atoms with Gasteiger partial charge in [-0.1, -0.05) is 13.8 Å². The van der Waals surface area contributed by atoms with Crippen LogP contribution in [0.3, 0.4) is 0 Å². The van der Waals surface area contributed by atoms with Crippen molar-refractivity contribution in [2.45, 2.75) is 38.6 Å². The van der Waals surface area contributed by atoms with E-state index in [-0.39, 0.29) is 17.4 Å². The summed E-state index contributed by atoms with van der Waals surface area (Å²) in [6.07, 6.45) is 0. The van der Waals surface area contributed by atoms with Gasteiger partial charge in [-0.25, -0.2) is 13.1 Å². The van der Waals surface area contributed by atoms with Gasteiger partial charge >= 0.3 is 0 Å². The van der Waals surface area contributed by atoms with Gasteiger partial charge in [-0.3, -0.25) is 0 Å². The molecular weight excluding hydrogens is 264 g/mol. The number of hydrogen-bond donors (Lipinski definition) is 3. The summed E-state index contributed by atoms with van der Waals surface area (Å²) in [5, 5.41) is 9.24. The molecule has 0 heterocycles. The highest BCUT2D eigenvalue weighted by molar-refractivity contribution is 7.89. The van der Waals surface area contributed by atoms with E-state index in [1.54, 1.807) is 26.0 Å². The zero-order valence-corrected chi connectivity index (χ0v) is 12.6. The summed E-state index contributed by atoms with van der Waals surface area (Å²) in [6, 6.07) is 2.76. The minimum atomic E-state index is -3.66. The van der Waals surface area contributed by atoms with E-state index >= 15 is 0 Å². The van der Waals surface area contributed by atoms with Crippen LogP contribution >= 0.6 is 0 Å². The molecule has 5 nitrogen and oxygen atoms in total. The largest absolute Gasteiger partial charge is 0.399 e. The third-order valence-electron chi connectivity index (χ3n) is 3.06. The highest BCUT2D eigenvalue weighted by Crippen LogP contribution is 2.23. The minimum absolute atomic E-state index is 0.00849. The maximum atomic E-state index is 12.4. The SMILES string of the molecule is Cc1cc(N)cc(C)c1S(=O)(=O)N[C@H](CO)C(C)C. The zero-order valence-electron chi connectivity index (χ0n) is 11.8. The lowest BCUT2D eigenvalue weighted by Gasteiger charge is -2.21. The summed E-state index contributed by atoms with van der Waals surface area (Å²) >= 11 is 0. The first kappa shape index (κ1) is 15.9. The van der Waals surface area contributed by atoms with Crippen molar-refractivity contribution in [2.75, 3.05) is 12.3 Å². The fourth-order valence-electron chi connectivity index (χ4n) is 2.05. The van der Waals surface area contributed by atoms with Crippen molar-refractivity contribution >= 4 is 15.7 Å². The van der Waals surface area contributed by atoms with Crippen LogP contribution in [0.5, 0.6) is 0 Å². The number of nitrogen functional groups attached to an aromatic ring is 1. The van der Waals surface area contributed by atoms with Crippen molar-refractivity contribution < 1.29 is 13.5 Å². The Labute approximate surface area is 114 Å². The van der Waals surface area contributed by atoms with E-state index in [0.29, 0.717) is 16.8 Å². The minimum Gasteiger partial charge on any atom is -0.399 e. The molecule has 1 aromatic rings. The molecule has 0 aromatic heterocycles. The highest BCUT2D eigenvalue weighted by Gasteiger charge is 2.25. The Bertz CT molecular complexity index is 530. The molecule has 0 amide bonds. The molecule has 1 atom stereocenters. The maximum absolute atomic E-state index is 12.4. The molecule has 108 valence electrons. The van der Waals surface area contributed by atoms with E-state index < -0.39 is 16.1 Å². The number of nitrogens with two attached hydrogens (primary N) is 1. The Hall–Kier alpha value is -1.11. The molecule has 0 fully saturated rings. The van der Waals surface area contributed by atoms with Gasteiger partial charge in [-0.15, -0.1) is 0 Å². The quantitative estimate of drug-likeness (QED) is 0.709. The first-order valence-electron chi connectivity index (χ1n) is 6.19. The lowest BCUT2D eigenvalue weighted by atomic mass is 10.1. The summed E-state index contributed by atoms with van der Waals surface area (Å²) < 4.78 is 27.3. The molecule has 19 heavy (non-hydrogen) atoms. The monoisotopic (exact) mass is 286 g/mol. The molecule has 0 aliphatic rings. The van der Waals surface area contributed by atoms with Crippen molar-refractivity contribution in [3.8, 4) is 0 Å². The summed E-state index contributed by atoms with van der Waals surface area (Å²) in [5.41, 5.74) is 7.44. The lowest BCUT2D eigenvalue weighted by molar-refractivity contribution is 0.227. The zero-order chi connectivity index (χ0) is 14.8. The van der Waals surface area contributed by atoms with Crippen molar-refractivity contribution in [3.63, 3.8) is 0 Å². The van der Waals surface area contributed by atoms with Crippen LogP contribution in [0, 0.1) is 19.8 Å². The Balaban J connectivity index is 3.21. The van der Waals surface area contributed by atoms with Crippen molar-refractivity contribution in [1.82, 2.24) is 4.72 Å². The molecule has 0 unspecified atom stereocenters. The molecule has 0 saturated heterocycles. The smallest absolute Gasteiger partial charge is 0.241 e. The van der Waals surface area contributed by atoms with Gasteiger partial charge in [0.1, 0.15) is 0 Å². The van der Waals surface area contributed by atoms with Crippen LogP contribution in [0.15, 0.2) is 17.0 Å². The second kappa shape index (κ2) is 5.90. The number of benzene rings is 1. The summed E-state index contributed by atoms with van der Waals surface area (Å²) in [6.45, 7) is 6.89. The molecule has 1 rings (SSSR count). The predicted octanol–water partition coefficient (Wildman–Crippen LogP) is 1.18. The number of hydrogen-bond acceptors (Lipinski definition) is 4. The Morgan fingerprint density at radius 1 is 1.26 bits per heavy atom. The topological polar surface area (TPSA) is 92.4 Å².